The van der Waals surface area contributed by atoms with Gasteiger partial charge in [-0.2, -0.15) is 4.31 Å². The molecule has 1 aromatic heterocycles. The predicted octanol–water partition coefficient (Wildman–Crippen LogP) is 1.57. The van der Waals surface area contributed by atoms with Crippen LogP contribution in [0.25, 0.3) is 0 Å². The van der Waals surface area contributed by atoms with E-state index in [2.05, 4.69) is 13.2 Å². The van der Waals surface area contributed by atoms with E-state index in [4.69, 9.17) is 5.73 Å². The maximum atomic E-state index is 12.2. The third-order valence-corrected chi connectivity index (χ3v) is 5.50. The molecule has 1 aromatic rings. The minimum atomic E-state index is -3.46. The Kier molecular flexibility index (Phi) is 5.07. The Hall–Kier alpha value is -0.950. The van der Waals surface area contributed by atoms with E-state index in [1.54, 1.807) is 24.3 Å². The highest BCUT2D eigenvalue weighted by molar-refractivity contribution is 7.91. The van der Waals surface area contributed by atoms with Gasteiger partial charge < -0.3 is 5.73 Å². The normalized spacial score (nSPS) is 11.6. The molecule has 0 fully saturated rings. The SMILES string of the molecule is C=CCN(CC=C)S(=O)(=O)c1ccc(CN)s1. The van der Waals surface area contributed by atoms with Crippen LogP contribution in [0.2, 0.25) is 0 Å². The highest BCUT2D eigenvalue weighted by Gasteiger charge is 2.23. The van der Waals surface area contributed by atoms with Gasteiger partial charge in [0.2, 0.25) is 0 Å². The average Bonchev–Trinajstić information content (AvgIpc) is 2.78. The zero-order chi connectivity index (χ0) is 12.9. The first kappa shape index (κ1) is 14.1. The van der Waals surface area contributed by atoms with Gasteiger partial charge in [-0.1, -0.05) is 12.2 Å². The Bertz CT molecular complexity index is 481. The zero-order valence-electron chi connectivity index (χ0n) is 9.50. The van der Waals surface area contributed by atoms with Crippen molar-refractivity contribution < 1.29 is 8.42 Å². The van der Waals surface area contributed by atoms with Crippen LogP contribution >= 0.6 is 11.3 Å². The van der Waals surface area contributed by atoms with Crippen molar-refractivity contribution in [3.05, 3.63) is 42.3 Å². The van der Waals surface area contributed by atoms with Crippen molar-refractivity contribution in [1.29, 1.82) is 0 Å². The van der Waals surface area contributed by atoms with Gasteiger partial charge in [0.25, 0.3) is 10.0 Å². The topological polar surface area (TPSA) is 63.4 Å². The summed E-state index contributed by atoms with van der Waals surface area (Å²) in [5.74, 6) is 0. The molecule has 4 nitrogen and oxygen atoms in total. The van der Waals surface area contributed by atoms with Crippen molar-refractivity contribution in [3.8, 4) is 0 Å². The number of hydrogen-bond donors (Lipinski definition) is 1. The van der Waals surface area contributed by atoms with Gasteiger partial charge in [0.05, 0.1) is 0 Å². The Morgan fingerprint density at radius 3 is 2.29 bits per heavy atom. The summed E-state index contributed by atoms with van der Waals surface area (Å²) >= 11 is 1.20. The molecule has 1 heterocycles. The molecule has 6 heteroatoms. The smallest absolute Gasteiger partial charge is 0.253 e. The average molecular weight is 272 g/mol. The van der Waals surface area contributed by atoms with Crippen molar-refractivity contribution in [3.63, 3.8) is 0 Å². The van der Waals surface area contributed by atoms with E-state index in [9.17, 15) is 8.42 Å². The van der Waals surface area contributed by atoms with Crippen LogP contribution in [0.1, 0.15) is 4.88 Å². The lowest BCUT2D eigenvalue weighted by Gasteiger charge is -2.17. The molecule has 2 N–H and O–H groups in total. The molecule has 0 spiro atoms. The van der Waals surface area contributed by atoms with E-state index in [1.165, 1.54) is 15.6 Å². The standard InChI is InChI=1S/C11H16N2O2S2/c1-3-7-13(8-4-2)17(14,15)11-6-5-10(9-12)16-11/h3-6H,1-2,7-9,12H2. The van der Waals surface area contributed by atoms with Crippen molar-refractivity contribution in [1.82, 2.24) is 4.31 Å². The predicted molar refractivity (Wildman–Crippen MR) is 71.4 cm³/mol. The molecule has 0 radical (unpaired) electrons. The van der Waals surface area contributed by atoms with Crippen molar-refractivity contribution in [2.24, 2.45) is 5.73 Å². The lowest BCUT2D eigenvalue weighted by atomic mass is 10.5. The van der Waals surface area contributed by atoms with Crippen LogP contribution in [0.3, 0.4) is 0 Å². The van der Waals surface area contributed by atoms with Gasteiger partial charge in [0.15, 0.2) is 0 Å². The summed E-state index contributed by atoms with van der Waals surface area (Å²) in [4.78, 5) is 0.848. The van der Waals surface area contributed by atoms with E-state index >= 15 is 0 Å². The maximum absolute atomic E-state index is 12.2. The molecular formula is C11H16N2O2S2. The Morgan fingerprint density at radius 1 is 1.29 bits per heavy atom. The molecular weight excluding hydrogens is 256 g/mol. The number of nitrogens with zero attached hydrogens (tertiary/aromatic N) is 1. The van der Waals surface area contributed by atoms with Crippen LogP contribution in [0.5, 0.6) is 0 Å². The van der Waals surface area contributed by atoms with Crippen LogP contribution in [-0.2, 0) is 16.6 Å². The summed E-state index contributed by atoms with van der Waals surface area (Å²) in [6.07, 6.45) is 3.11. The molecule has 0 saturated heterocycles. The van der Waals surface area contributed by atoms with Gasteiger partial charge >= 0.3 is 0 Å². The minimum absolute atomic E-state index is 0.268. The fourth-order valence-corrected chi connectivity index (χ4v) is 4.06. The minimum Gasteiger partial charge on any atom is -0.326 e. The van der Waals surface area contributed by atoms with Crippen LogP contribution in [0.15, 0.2) is 41.7 Å². The summed E-state index contributed by atoms with van der Waals surface area (Å²) in [6.45, 7) is 8.00. The summed E-state index contributed by atoms with van der Waals surface area (Å²) < 4.78 is 26.1. The molecule has 94 valence electrons. The summed E-state index contributed by atoms with van der Waals surface area (Å²) in [5, 5.41) is 0. The molecule has 0 aliphatic rings. The molecule has 0 saturated carbocycles. The molecule has 0 aromatic carbocycles. The Morgan fingerprint density at radius 2 is 1.88 bits per heavy atom. The lowest BCUT2D eigenvalue weighted by Crippen LogP contribution is -2.30. The largest absolute Gasteiger partial charge is 0.326 e. The molecule has 1 rings (SSSR count). The first-order valence-electron chi connectivity index (χ1n) is 5.07. The summed E-state index contributed by atoms with van der Waals surface area (Å²) in [5.41, 5.74) is 5.47. The molecule has 0 aliphatic heterocycles. The first-order chi connectivity index (χ1) is 8.06. The highest BCUT2D eigenvalue weighted by atomic mass is 32.2. The third-order valence-electron chi connectivity index (χ3n) is 2.10. The van der Waals surface area contributed by atoms with Crippen molar-refractivity contribution >= 4 is 21.4 Å². The lowest BCUT2D eigenvalue weighted by molar-refractivity contribution is 0.476. The van der Waals surface area contributed by atoms with Gasteiger partial charge in [-0.15, -0.1) is 24.5 Å². The second kappa shape index (κ2) is 6.11. The number of sulfonamides is 1. The number of hydrogen-bond acceptors (Lipinski definition) is 4. The number of rotatable bonds is 7. The summed E-state index contributed by atoms with van der Waals surface area (Å²) in [6, 6.07) is 3.32. The third kappa shape index (κ3) is 3.26. The molecule has 0 amide bonds. The monoisotopic (exact) mass is 272 g/mol. The van der Waals surface area contributed by atoms with Gasteiger partial charge in [-0.25, -0.2) is 8.42 Å². The molecule has 17 heavy (non-hydrogen) atoms. The highest BCUT2D eigenvalue weighted by Crippen LogP contribution is 2.24. The molecule has 0 bridgehead atoms. The van der Waals surface area contributed by atoms with E-state index in [0.29, 0.717) is 10.8 Å². The first-order valence-corrected chi connectivity index (χ1v) is 7.32. The van der Waals surface area contributed by atoms with E-state index in [0.717, 1.165) is 4.88 Å². The van der Waals surface area contributed by atoms with Crippen LogP contribution in [0, 0.1) is 0 Å². The molecule has 0 aliphatic carbocycles. The van der Waals surface area contributed by atoms with Gasteiger partial charge in [-0.3, -0.25) is 0 Å². The zero-order valence-corrected chi connectivity index (χ0v) is 11.1. The van der Waals surface area contributed by atoms with Gasteiger partial charge in [0, 0.05) is 24.5 Å². The molecule has 0 atom stereocenters. The van der Waals surface area contributed by atoms with Crippen LogP contribution in [-0.4, -0.2) is 25.8 Å². The van der Waals surface area contributed by atoms with Gasteiger partial charge in [0.1, 0.15) is 4.21 Å². The number of thiophene rings is 1. The quantitative estimate of drug-likeness (QED) is 0.766. The van der Waals surface area contributed by atoms with E-state index in [1.807, 2.05) is 0 Å². The van der Waals surface area contributed by atoms with E-state index < -0.39 is 10.0 Å². The van der Waals surface area contributed by atoms with Crippen molar-refractivity contribution in [2.45, 2.75) is 10.8 Å². The number of nitrogens with two attached hydrogens (primary N) is 1. The van der Waals surface area contributed by atoms with Crippen molar-refractivity contribution in [2.75, 3.05) is 13.1 Å². The van der Waals surface area contributed by atoms with Crippen LogP contribution in [0.4, 0.5) is 0 Å². The fourth-order valence-electron chi connectivity index (χ4n) is 1.29. The van der Waals surface area contributed by atoms with Crippen LogP contribution < -0.4 is 5.73 Å². The second-order valence-electron chi connectivity index (χ2n) is 3.32. The van der Waals surface area contributed by atoms with Gasteiger partial charge in [-0.05, 0) is 12.1 Å². The second-order valence-corrected chi connectivity index (χ2v) is 6.66. The Labute approximate surface area is 106 Å². The fraction of sp³-hybridized carbons (Fsp3) is 0.273. The molecule has 0 unspecified atom stereocenters. The van der Waals surface area contributed by atoms with E-state index in [-0.39, 0.29) is 13.1 Å². The maximum Gasteiger partial charge on any atom is 0.253 e. The Balaban J connectivity index is 3.05. The summed E-state index contributed by atoms with van der Waals surface area (Å²) in [7, 11) is -3.46.